The van der Waals surface area contributed by atoms with Crippen molar-refractivity contribution < 1.29 is 13.4 Å². The Morgan fingerprint density at radius 3 is 3.05 bits per heavy atom. The third-order valence-corrected chi connectivity index (χ3v) is 4.76. The molecule has 114 valence electrons. The molecule has 0 saturated carbocycles. The number of esters is 1. The predicted octanol–water partition coefficient (Wildman–Crippen LogP) is 4.37. The Kier molecular flexibility index (Phi) is 4.32. The maximum Gasteiger partial charge on any atom is 0.349 e. The summed E-state index contributed by atoms with van der Waals surface area (Å²) < 4.78 is 18.9. The fourth-order valence-corrected chi connectivity index (χ4v) is 3.42. The number of pyridine rings is 1. The quantitative estimate of drug-likeness (QED) is 0.649. The second kappa shape index (κ2) is 6.23. The Bertz CT molecular complexity index is 849. The summed E-state index contributed by atoms with van der Waals surface area (Å²) in [5.41, 5.74) is 1.03. The predicted molar refractivity (Wildman–Crippen MR) is 85.9 cm³/mol. The van der Waals surface area contributed by atoms with Crippen LogP contribution >= 0.6 is 35.3 Å². The highest BCUT2D eigenvalue weighted by Crippen LogP contribution is 2.36. The standard InChI is InChI=1S/C13H9ClFN3O2S2/c1-2-20-13(19)9-6-17-12(21-9)8-5-16-11-7(10(8)14)3-4-18(11)22-15/h3-6H,2H2,1H3. The average molecular weight is 358 g/mol. The van der Waals surface area contributed by atoms with Gasteiger partial charge in [-0.05, 0) is 13.0 Å². The lowest BCUT2D eigenvalue weighted by Crippen LogP contribution is -2.01. The van der Waals surface area contributed by atoms with Gasteiger partial charge in [0.15, 0.2) is 18.0 Å². The van der Waals surface area contributed by atoms with Gasteiger partial charge in [-0.3, -0.25) is 0 Å². The summed E-state index contributed by atoms with van der Waals surface area (Å²) in [7, 11) is 0. The van der Waals surface area contributed by atoms with Crippen LogP contribution in [0.2, 0.25) is 5.02 Å². The number of aromatic nitrogens is 3. The summed E-state index contributed by atoms with van der Waals surface area (Å²) in [5.74, 6) is -0.420. The zero-order valence-electron chi connectivity index (χ0n) is 11.2. The summed E-state index contributed by atoms with van der Waals surface area (Å²) in [6, 6.07) is 1.68. The maximum atomic E-state index is 12.7. The number of rotatable bonds is 4. The van der Waals surface area contributed by atoms with E-state index < -0.39 is 5.97 Å². The lowest BCUT2D eigenvalue weighted by atomic mass is 10.2. The summed E-state index contributed by atoms with van der Waals surface area (Å²) >= 11 is 7.59. The first kappa shape index (κ1) is 15.3. The van der Waals surface area contributed by atoms with Crippen LogP contribution in [0.4, 0.5) is 3.89 Å². The van der Waals surface area contributed by atoms with Crippen molar-refractivity contribution in [3.05, 3.63) is 34.6 Å². The van der Waals surface area contributed by atoms with Crippen LogP contribution < -0.4 is 0 Å². The number of hydrogen-bond acceptors (Lipinski definition) is 6. The van der Waals surface area contributed by atoms with Gasteiger partial charge in [0, 0.05) is 23.3 Å². The summed E-state index contributed by atoms with van der Waals surface area (Å²) in [6.07, 6.45) is 4.51. The molecule has 0 fully saturated rings. The van der Waals surface area contributed by atoms with E-state index >= 15 is 0 Å². The molecule has 0 atom stereocenters. The molecule has 0 N–H and O–H groups in total. The van der Waals surface area contributed by atoms with E-state index in [1.807, 2.05) is 0 Å². The van der Waals surface area contributed by atoms with Gasteiger partial charge in [-0.1, -0.05) is 11.6 Å². The van der Waals surface area contributed by atoms with Crippen molar-refractivity contribution in [3.8, 4) is 10.6 Å². The molecular formula is C13H9ClFN3O2S2. The molecule has 0 spiro atoms. The molecule has 0 aliphatic heterocycles. The number of carbonyl (C=O) groups excluding carboxylic acids is 1. The van der Waals surface area contributed by atoms with Crippen LogP contribution in [0.1, 0.15) is 16.6 Å². The molecule has 5 nitrogen and oxygen atoms in total. The van der Waals surface area contributed by atoms with Gasteiger partial charge in [-0.25, -0.2) is 18.7 Å². The molecule has 0 aliphatic carbocycles. The van der Waals surface area contributed by atoms with Crippen LogP contribution in [0.15, 0.2) is 24.7 Å². The van der Waals surface area contributed by atoms with Gasteiger partial charge in [0.25, 0.3) is 0 Å². The van der Waals surface area contributed by atoms with Crippen molar-refractivity contribution >= 4 is 52.3 Å². The van der Waals surface area contributed by atoms with E-state index in [-0.39, 0.29) is 12.3 Å². The highest BCUT2D eigenvalue weighted by Gasteiger charge is 2.17. The number of thiazole rings is 1. The van der Waals surface area contributed by atoms with Crippen LogP contribution in [-0.4, -0.2) is 26.5 Å². The molecule has 0 aliphatic rings. The molecule has 9 heteroatoms. The van der Waals surface area contributed by atoms with E-state index in [9.17, 15) is 8.68 Å². The Hall–Kier alpha value is -1.64. The minimum Gasteiger partial charge on any atom is -0.462 e. The molecule has 3 heterocycles. The van der Waals surface area contributed by atoms with Gasteiger partial charge in [0.1, 0.15) is 9.88 Å². The molecule has 3 aromatic rings. The summed E-state index contributed by atoms with van der Waals surface area (Å²) in [5, 5.41) is 1.60. The molecular weight excluding hydrogens is 349 g/mol. The first-order valence-electron chi connectivity index (χ1n) is 6.23. The molecule has 0 saturated heterocycles. The second-order valence-electron chi connectivity index (χ2n) is 4.18. The first-order chi connectivity index (χ1) is 10.7. The van der Waals surface area contributed by atoms with Crippen molar-refractivity contribution in [3.63, 3.8) is 0 Å². The zero-order valence-corrected chi connectivity index (χ0v) is 13.6. The third-order valence-electron chi connectivity index (χ3n) is 2.90. The van der Waals surface area contributed by atoms with Crippen LogP contribution in [0.25, 0.3) is 21.6 Å². The van der Waals surface area contributed by atoms with Crippen molar-refractivity contribution in [1.29, 1.82) is 0 Å². The van der Waals surface area contributed by atoms with Gasteiger partial charge >= 0.3 is 5.97 Å². The van der Waals surface area contributed by atoms with Crippen molar-refractivity contribution in [2.45, 2.75) is 6.92 Å². The smallest absolute Gasteiger partial charge is 0.349 e. The van der Waals surface area contributed by atoms with E-state index in [1.165, 1.54) is 27.7 Å². The van der Waals surface area contributed by atoms with E-state index in [4.69, 9.17) is 16.3 Å². The van der Waals surface area contributed by atoms with Crippen LogP contribution in [0.3, 0.4) is 0 Å². The lowest BCUT2D eigenvalue weighted by molar-refractivity contribution is 0.0532. The first-order valence-corrected chi connectivity index (χ1v) is 8.10. The van der Waals surface area contributed by atoms with Crippen LogP contribution in [-0.2, 0) is 4.74 Å². The Balaban J connectivity index is 2.03. The monoisotopic (exact) mass is 357 g/mol. The molecule has 0 aromatic carbocycles. The van der Waals surface area contributed by atoms with Gasteiger partial charge in [-0.2, -0.15) is 0 Å². The molecule has 22 heavy (non-hydrogen) atoms. The molecule has 3 aromatic heterocycles. The highest BCUT2D eigenvalue weighted by atomic mass is 35.5. The fraction of sp³-hybridized carbons (Fsp3) is 0.154. The summed E-state index contributed by atoms with van der Waals surface area (Å²) in [6.45, 7) is 2.04. The van der Waals surface area contributed by atoms with Crippen LogP contribution in [0, 0.1) is 0 Å². The molecule has 3 rings (SSSR count). The number of hydrogen-bond donors (Lipinski definition) is 0. The zero-order chi connectivity index (χ0) is 15.7. The number of fused-ring (bicyclic) bond motifs is 1. The van der Waals surface area contributed by atoms with Gasteiger partial charge < -0.3 is 4.74 Å². The average Bonchev–Trinajstić information content (AvgIpc) is 3.14. The SMILES string of the molecule is CCOC(=O)c1cnc(-c2cnc3c(ccn3SF)c2Cl)s1. The number of halogens is 2. The van der Waals surface area contributed by atoms with Gasteiger partial charge in [-0.15, -0.1) is 15.2 Å². The summed E-state index contributed by atoms with van der Waals surface area (Å²) in [4.78, 5) is 20.5. The molecule has 0 unspecified atom stereocenters. The Morgan fingerprint density at radius 1 is 1.50 bits per heavy atom. The number of carbonyl (C=O) groups is 1. The second-order valence-corrected chi connectivity index (χ2v) is 6.12. The third kappa shape index (κ3) is 2.57. The van der Waals surface area contributed by atoms with Gasteiger partial charge in [0.2, 0.25) is 0 Å². The van der Waals surface area contributed by atoms with E-state index in [2.05, 4.69) is 9.97 Å². The van der Waals surface area contributed by atoms with Crippen molar-refractivity contribution in [2.24, 2.45) is 0 Å². The lowest BCUT2D eigenvalue weighted by Gasteiger charge is -2.02. The minimum atomic E-state index is -0.420. The highest BCUT2D eigenvalue weighted by molar-refractivity contribution is 7.92. The van der Waals surface area contributed by atoms with Crippen molar-refractivity contribution in [1.82, 2.24) is 13.9 Å². The van der Waals surface area contributed by atoms with E-state index in [0.717, 1.165) is 0 Å². The molecule has 0 amide bonds. The van der Waals surface area contributed by atoms with Crippen LogP contribution in [0.5, 0.6) is 0 Å². The fourth-order valence-electron chi connectivity index (χ4n) is 1.93. The van der Waals surface area contributed by atoms with Crippen molar-refractivity contribution in [2.75, 3.05) is 6.61 Å². The number of nitrogens with zero attached hydrogens (tertiary/aromatic N) is 3. The normalized spacial score (nSPS) is 11.0. The molecule has 0 radical (unpaired) electrons. The number of ether oxygens (including phenoxy) is 1. The maximum absolute atomic E-state index is 12.7. The Labute approximate surface area is 138 Å². The molecule has 0 bridgehead atoms. The Morgan fingerprint density at radius 2 is 2.32 bits per heavy atom. The van der Waals surface area contributed by atoms with Gasteiger partial charge in [0.05, 0.1) is 17.8 Å². The minimum absolute atomic E-state index is 0.0501. The topological polar surface area (TPSA) is 57.0 Å². The van der Waals surface area contributed by atoms with E-state index in [0.29, 0.717) is 38.1 Å². The van der Waals surface area contributed by atoms with E-state index in [1.54, 1.807) is 19.2 Å². The largest absolute Gasteiger partial charge is 0.462 e.